The summed E-state index contributed by atoms with van der Waals surface area (Å²) in [5, 5.41) is 0. The van der Waals surface area contributed by atoms with Crippen molar-refractivity contribution in [3.8, 4) is 0 Å². The first-order valence-corrected chi connectivity index (χ1v) is 5.23. The van der Waals surface area contributed by atoms with Gasteiger partial charge < -0.3 is 10.6 Å². The summed E-state index contributed by atoms with van der Waals surface area (Å²) in [6, 6.07) is 1.62. The Labute approximate surface area is 98.4 Å². The monoisotopic (exact) mass is 243 g/mol. The van der Waals surface area contributed by atoms with Crippen molar-refractivity contribution in [2.75, 3.05) is 19.6 Å². The molecule has 1 aromatic heterocycles. The van der Waals surface area contributed by atoms with Crippen LogP contribution >= 0.6 is 0 Å². The number of aromatic nitrogens is 1. The van der Waals surface area contributed by atoms with E-state index in [-0.39, 0.29) is 13.1 Å². The topological polar surface area (TPSA) is 59.2 Å². The highest BCUT2D eigenvalue weighted by Gasteiger charge is 2.19. The molecule has 0 aromatic carbocycles. The highest BCUT2D eigenvalue weighted by molar-refractivity contribution is 5.94. The average Bonchev–Trinajstić information content (AvgIpc) is 2.27. The molecule has 94 valence electrons. The van der Waals surface area contributed by atoms with E-state index in [1.807, 2.05) is 0 Å². The minimum Gasteiger partial charge on any atom is -0.332 e. The van der Waals surface area contributed by atoms with Crippen LogP contribution < -0.4 is 5.73 Å². The van der Waals surface area contributed by atoms with Crippen molar-refractivity contribution in [3.63, 3.8) is 0 Å². The van der Waals surface area contributed by atoms with Gasteiger partial charge in [-0.2, -0.15) is 0 Å². The smallest absolute Gasteiger partial charge is 0.255 e. The van der Waals surface area contributed by atoms with E-state index in [4.69, 9.17) is 5.73 Å². The SMILES string of the molecule is Cc1cncc(C(=O)N(CCN)CC(F)F)c1. The first-order valence-electron chi connectivity index (χ1n) is 5.23. The molecule has 0 saturated carbocycles. The maximum atomic E-state index is 12.3. The van der Waals surface area contributed by atoms with E-state index in [1.165, 1.54) is 6.20 Å². The second-order valence-electron chi connectivity index (χ2n) is 3.68. The minimum atomic E-state index is -2.57. The van der Waals surface area contributed by atoms with E-state index in [2.05, 4.69) is 4.98 Å². The molecule has 6 heteroatoms. The third kappa shape index (κ3) is 4.07. The molecule has 1 aromatic rings. The Kier molecular flexibility index (Phi) is 4.96. The second-order valence-corrected chi connectivity index (χ2v) is 3.68. The number of hydrogen-bond donors (Lipinski definition) is 1. The van der Waals surface area contributed by atoms with E-state index < -0.39 is 18.9 Å². The van der Waals surface area contributed by atoms with Gasteiger partial charge in [0.2, 0.25) is 0 Å². The molecule has 1 heterocycles. The van der Waals surface area contributed by atoms with Crippen LogP contribution in [0.15, 0.2) is 18.5 Å². The first kappa shape index (κ1) is 13.5. The Balaban J connectivity index is 2.83. The molecule has 0 aliphatic heterocycles. The highest BCUT2D eigenvalue weighted by Crippen LogP contribution is 2.07. The fourth-order valence-electron chi connectivity index (χ4n) is 1.45. The summed E-state index contributed by atoms with van der Waals surface area (Å²) in [4.78, 5) is 16.8. The predicted molar refractivity (Wildman–Crippen MR) is 59.9 cm³/mol. The number of rotatable bonds is 5. The van der Waals surface area contributed by atoms with Crippen molar-refractivity contribution in [1.29, 1.82) is 0 Å². The van der Waals surface area contributed by atoms with Crippen LogP contribution in [0.4, 0.5) is 8.78 Å². The summed E-state index contributed by atoms with van der Waals surface area (Å²) in [6.45, 7) is 1.43. The predicted octanol–water partition coefficient (Wildman–Crippen LogP) is 1.06. The van der Waals surface area contributed by atoms with Crippen LogP contribution in [0.2, 0.25) is 0 Å². The van der Waals surface area contributed by atoms with Gasteiger partial charge in [0.15, 0.2) is 0 Å². The molecule has 0 unspecified atom stereocenters. The lowest BCUT2D eigenvalue weighted by Crippen LogP contribution is -2.38. The van der Waals surface area contributed by atoms with Gasteiger partial charge >= 0.3 is 0 Å². The zero-order valence-corrected chi connectivity index (χ0v) is 9.57. The van der Waals surface area contributed by atoms with Gasteiger partial charge in [-0.1, -0.05) is 0 Å². The van der Waals surface area contributed by atoms with Crippen LogP contribution in [0.1, 0.15) is 15.9 Å². The number of carbonyl (C=O) groups excluding carboxylic acids is 1. The van der Waals surface area contributed by atoms with E-state index in [0.29, 0.717) is 5.56 Å². The van der Waals surface area contributed by atoms with Crippen LogP contribution in [0, 0.1) is 6.92 Å². The average molecular weight is 243 g/mol. The lowest BCUT2D eigenvalue weighted by Gasteiger charge is -2.21. The van der Waals surface area contributed by atoms with Crippen LogP contribution in [0.25, 0.3) is 0 Å². The molecule has 0 aliphatic rings. The Hall–Kier alpha value is -1.56. The number of carbonyl (C=O) groups is 1. The number of pyridine rings is 1. The Bertz CT molecular complexity index is 385. The van der Waals surface area contributed by atoms with E-state index in [9.17, 15) is 13.6 Å². The van der Waals surface area contributed by atoms with Gasteiger partial charge in [-0.15, -0.1) is 0 Å². The van der Waals surface area contributed by atoms with Crippen LogP contribution in [-0.4, -0.2) is 41.9 Å². The lowest BCUT2D eigenvalue weighted by molar-refractivity contribution is 0.0562. The number of nitrogens with two attached hydrogens (primary N) is 1. The number of alkyl halides is 2. The van der Waals surface area contributed by atoms with Crippen molar-refractivity contribution in [1.82, 2.24) is 9.88 Å². The molecule has 0 fully saturated rings. The standard InChI is InChI=1S/C11H15F2N3O/c1-8-4-9(6-15-5-8)11(17)16(3-2-14)7-10(12)13/h4-6,10H,2-3,7,14H2,1H3. The summed E-state index contributed by atoms with van der Waals surface area (Å²) < 4.78 is 24.6. The van der Waals surface area contributed by atoms with E-state index in [1.54, 1.807) is 19.2 Å². The normalized spacial score (nSPS) is 10.6. The van der Waals surface area contributed by atoms with Gasteiger partial charge in [0.05, 0.1) is 12.1 Å². The lowest BCUT2D eigenvalue weighted by atomic mass is 10.2. The number of halogens is 2. The Morgan fingerprint density at radius 1 is 1.53 bits per heavy atom. The maximum Gasteiger partial charge on any atom is 0.255 e. The molecular weight excluding hydrogens is 228 g/mol. The molecule has 0 radical (unpaired) electrons. The molecule has 0 aliphatic carbocycles. The summed E-state index contributed by atoms with van der Waals surface area (Å²) in [6.07, 6.45) is 0.393. The molecule has 0 atom stereocenters. The minimum absolute atomic E-state index is 0.108. The van der Waals surface area contributed by atoms with Crippen molar-refractivity contribution in [2.24, 2.45) is 5.73 Å². The Morgan fingerprint density at radius 2 is 2.24 bits per heavy atom. The second kappa shape index (κ2) is 6.24. The van der Waals surface area contributed by atoms with Gasteiger partial charge in [0.1, 0.15) is 0 Å². The zero-order valence-electron chi connectivity index (χ0n) is 9.57. The third-order valence-electron chi connectivity index (χ3n) is 2.17. The summed E-state index contributed by atoms with van der Waals surface area (Å²) in [5.74, 6) is -0.466. The zero-order chi connectivity index (χ0) is 12.8. The van der Waals surface area contributed by atoms with Crippen molar-refractivity contribution < 1.29 is 13.6 Å². The summed E-state index contributed by atoms with van der Waals surface area (Å²) in [7, 11) is 0. The number of amides is 1. The molecule has 0 saturated heterocycles. The van der Waals surface area contributed by atoms with Crippen LogP contribution in [-0.2, 0) is 0 Å². The van der Waals surface area contributed by atoms with Gasteiger partial charge in [-0.3, -0.25) is 9.78 Å². The van der Waals surface area contributed by atoms with Crippen molar-refractivity contribution in [3.05, 3.63) is 29.6 Å². The van der Waals surface area contributed by atoms with E-state index in [0.717, 1.165) is 10.5 Å². The summed E-state index contributed by atoms with van der Waals surface area (Å²) in [5.41, 5.74) is 6.41. The quantitative estimate of drug-likeness (QED) is 0.841. The highest BCUT2D eigenvalue weighted by atomic mass is 19.3. The Morgan fingerprint density at radius 3 is 2.76 bits per heavy atom. The van der Waals surface area contributed by atoms with Crippen molar-refractivity contribution >= 4 is 5.91 Å². The van der Waals surface area contributed by atoms with E-state index >= 15 is 0 Å². The maximum absolute atomic E-state index is 12.3. The molecule has 4 nitrogen and oxygen atoms in total. The van der Waals surface area contributed by atoms with Gasteiger partial charge in [-0.25, -0.2) is 8.78 Å². The molecule has 0 bridgehead atoms. The molecule has 1 amide bonds. The first-order chi connectivity index (χ1) is 8.04. The number of nitrogens with zero attached hydrogens (tertiary/aromatic N) is 2. The molecule has 0 spiro atoms. The third-order valence-corrected chi connectivity index (χ3v) is 2.17. The number of hydrogen-bond acceptors (Lipinski definition) is 3. The molecule has 17 heavy (non-hydrogen) atoms. The van der Waals surface area contributed by atoms with Crippen LogP contribution in [0.3, 0.4) is 0 Å². The van der Waals surface area contributed by atoms with Gasteiger partial charge in [-0.05, 0) is 18.6 Å². The van der Waals surface area contributed by atoms with Gasteiger partial charge in [0, 0.05) is 25.5 Å². The van der Waals surface area contributed by atoms with Crippen molar-refractivity contribution in [2.45, 2.75) is 13.3 Å². The number of aryl methyl sites for hydroxylation is 1. The molecule has 2 N–H and O–H groups in total. The fraction of sp³-hybridized carbons (Fsp3) is 0.455. The molecular formula is C11H15F2N3O. The fourth-order valence-corrected chi connectivity index (χ4v) is 1.45. The van der Waals surface area contributed by atoms with Crippen LogP contribution in [0.5, 0.6) is 0 Å². The molecule has 1 rings (SSSR count). The van der Waals surface area contributed by atoms with Gasteiger partial charge in [0.25, 0.3) is 12.3 Å². The largest absolute Gasteiger partial charge is 0.332 e. The summed E-state index contributed by atoms with van der Waals surface area (Å²) >= 11 is 0.